The molecule has 1 amide bonds. The molecule has 2 aromatic heterocycles. The largest absolute Gasteiger partial charge is 0.504 e. The fourth-order valence-corrected chi connectivity index (χ4v) is 4.75. The Morgan fingerprint density at radius 1 is 1.06 bits per heavy atom. The summed E-state index contributed by atoms with van der Waals surface area (Å²) in [5.74, 6) is -3.09. The molecule has 0 radical (unpaired) electrons. The van der Waals surface area contributed by atoms with Gasteiger partial charge in [0.15, 0.2) is 0 Å². The number of carbonyl (C=O) groups is 1. The van der Waals surface area contributed by atoms with Gasteiger partial charge in [-0.2, -0.15) is 9.78 Å². The van der Waals surface area contributed by atoms with Crippen LogP contribution < -0.4 is 4.90 Å². The van der Waals surface area contributed by atoms with Crippen LogP contribution in [0.4, 0.5) is 27.6 Å². The number of rotatable bonds is 4. The van der Waals surface area contributed by atoms with Crippen molar-refractivity contribution in [3.63, 3.8) is 0 Å². The van der Waals surface area contributed by atoms with Gasteiger partial charge in [0.1, 0.15) is 11.6 Å². The molecule has 180 valence electrons. The Bertz CT molecular complexity index is 1440. The SMILES string of the molecule is O=C1C(C2COC2)[C@@H](c2c(F)cc(-c3cnn(C(F)(F)F)c3)cc2F)N1c1ccc2nc[nH]c2c1. The van der Waals surface area contributed by atoms with Gasteiger partial charge in [-0.1, -0.05) is 0 Å². The summed E-state index contributed by atoms with van der Waals surface area (Å²) in [4.78, 5) is 21.6. The van der Waals surface area contributed by atoms with E-state index < -0.39 is 29.9 Å². The number of imidazole rings is 1. The first-order valence-electron chi connectivity index (χ1n) is 10.7. The molecular weight excluding hydrogens is 473 g/mol. The second-order valence-electron chi connectivity index (χ2n) is 8.58. The van der Waals surface area contributed by atoms with Crippen molar-refractivity contribution in [2.75, 3.05) is 18.1 Å². The van der Waals surface area contributed by atoms with Gasteiger partial charge in [0.25, 0.3) is 0 Å². The summed E-state index contributed by atoms with van der Waals surface area (Å²) in [5, 5.41) is 3.22. The molecule has 0 bridgehead atoms. The monoisotopic (exact) mass is 489 g/mol. The maximum Gasteiger partial charge on any atom is 0.504 e. The number of alkyl halides is 3. The Labute approximate surface area is 194 Å². The first-order chi connectivity index (χ1) is 16.7. The lowest BCUT2D eigenvalue weighted by atomic mass is 9.72. The fourth-order valence-electron chi connectivity index (χ4n) is 4.75. The summed E-state index contributed by atoms with van der Waals surface area (Å²) >= 11 is 0. The molecule has 2 saturated heterocycles. The van der Waals surface area contributed by atoms with Crippen LogP contribution in [-0.2, 0) is 15.8 Å². The number of ether oxygens (including phenoxy) is 1. The number of hydrogen-bond acceptors (Lipinski definition) is 4. The Morgan fingerprint density at radius 3 is 2.43 bits per heavy atom. The average molecular weight is 489 g/mol. The van der Waals surface area contributed by atoms with E-state index in [-0.39, 0.29) is 33.2 Å². The number of hydrogen-bond donors (Lipinski definition) is 1. The third-order valence-electron chi connectivity index (χ3n) is 6.55. The molecule has 7 nitrogen and oxygen atoms in total. The van der Waals surface area contributed by atoms with E-state index in [0.717, 1.165) is 18.3 Å². The normalized spacial score (nSPS) is 20.8. The summed E-state index contributed by atoms with van der Waals surface area (Å²) in [6.07, 6.45) is -1.72. The molecule has 4 aromatic rings. The average Bonchev–Trinajstić information content (AvgIpc) is 3.44. The van der Waals surface area contributed by atoms with E-state index in [1.807, 2.05) is 0 Å². The second-order valence-corrected chi connectivity index (χ2v) is 8.58. The summed E-state index contributed by atoms with van der Waals surface area (Å²) in [6, 6.07) is 6.00. The topological polar surface area (TPSA) is 76.0 Å². The number of halogens is 5. The van der Waals surface area contributed by atoms with Crippen molar-refractivity contribution >= 4 is 22.6 Å². The summed E-state index contributed by atoms with van der Waals surface area (Å²) < 4.78 is 74.4. The number of fused-ring (bicyclic) bond motifs is 1. The molecule has 0 saturated carbocycles. The van der Waals surface area contributed by atoms with Gasteiger partial charge < -0.3 is 14.6 Å². The fraction of sp³-hybridized carbons (Fsp3) is 0.261. The minimum Gasteiger partial charge on any atom is -0.381 e. The molecule has 1 unspecified atom stereocenters. The smallest absolute Gasteiger partial charge is 0.381 e. The first kappa shape index (κ1) is 21.7. The Hall–Kier alpha value is -3.80. The van der Waals surface area contributed by atoms with Crippen LogP contribution in [0.1, 0.15) is 11.6 Å². The standard InChI is InChI=1S/C23H16F5N5O2/c24-15-3-11(12-6-31-32(7-12)23(26,27)28)4-16(25)20(15)21-19(13-8-35-9-13)22(34)33(21)14-1-2-17-18(5-14)30-10-29-17/h1-7,10,13,19,21H,8-9H2,(H,29,30)/t19?,21-/m0/s1. The maximum atomic E-state index is 15.4. The Morgan fingerprint density at radius 2 is 1.80 bits per heavy atom. The second kappa shape index (κ2) is 7.60. The number of amides is 1. The molecule has 12 heteroatoms. The van der Waals surface area contributed by atoms with Crippen molar-refractivity contribution in [3.8, 4) is 11.1 Å². The highest BCUT2D eigenvalue weighted by Crippen LogP contribution is 2.50. The number of carbonyl (C=O) groups excluding carboxylic acids is 1. The lowest BCUT2D eigenvalue weighted by Gasteiger charge is -2.52. The van der Waals surface area contributed by atoms with E-state index >= 15 is 8.78 Å². The quantitative estimate of drug-likeness (QED) is 0.338. The highest BCUT2D eigenvalue weighted by atomic mass is 19.4. The van der Waals surface area contributed by atoms with E-state index in [0.29, 0.717) is 36.1 Å². The van der Waals surface area contributed by atoms with Crippen LogP contribution >= 0.6 is 0 Å². The van der Waals surface area contributed by atoms with Crippen LogP contribution in [0, 0.1) is 23.5 Å². The molecule has 1 N–H and O–H groups in total. The van der Waals surface area contributed by atoms with E-state index in [4.69, 9.17) is 4.74 Å². The lowest BCUT2D eigenvalue weighted by Crippen LogP contribution is -2.61. The van der Waals surface area contributed by atoms with E-state index in [9.17, 15) is 18.0 Å². The lowest BCUT2D eigenvalue weighted by molar-refractivity contribution is -0.212. The van der Waals surface area contributed by atoms with Crippen molar-refractivity contribution in [1.29, 1.82) is 0 Å². The van der Waals surface area contributed by atoms with Gasteiger partial charge >= 0.3 is 6.30 Å². The number of nitrogens with zero attached hydrogens (tertiary/aromatic N) is 4. The zero-order chi connectivity index (χ0) is 24.5. The zero-order valence-electron chi connectivity index (χ0n) is 17.8. The molecular formula is C23H16F5N5O2. The third-order valence-corrected chi connectivity index (χ3v) is 6.55. The van der Waals surface area contributed by atoms with Gasteiger partial charge in [0, 0.05) is 28.9 Å². The van der Waals surface area contributed by atoms with Gasteiger partial charge in [-0.15, -0.1) is 13.2 Å². The molecule has 2 fully saturated rings. The summed E-state index contributed by atoms with van der Waals surface area (Å²) in [5.41, 5.74) is 1.26. The van der Waals surface area contributed by atoms with Gasteiger partial charge in [-0.25, -0.2) is 13.8 Å². The minimum absolute atomic E-state index is 0.0955. The van der Waals surface area contributed by atoms with Crippen molar-refractivity contribution in [2.45, 2.75) is 12.3 Å². The van der Waals surface area contributed by atoms with Gasteiger partial charge in [-0.3, -0.25) is 4.79 Å². The van der Waals surface area contributed by atoms with Crippen molar-refractivity contribution in [3.05, 3.63) is 66.3 Å². The Balaban J connectivity index is 1.41. The van der Waals surface area contributed by atoms with Crippen LogP contribution in [0.3, 0.4) is 0 Å². The molecule has 2 aliphatic heterocycles. The van der Waals surface area contributed by atoms with Crippen LogP contribution in [0.5, 0.6) is 0 Å². The van der Waals surface area contributed by atoms with Gasteiger partial charge in [-0.05, 0) is 35.9 Å². The number of aromatic amines is 1. The molecule has 2 aromatic carbocycles. The number of nitrogens with one attached hydrogen (secondary N) is 1. The summed E-state index contributed by atoms with van der Waals surface area (Å²) in [7, 11) is 0. The van der Waals surface area contributed by atoms with Crippen LogP contribution in [-0.4, -0.2) is 38.9 Å². The van der Waals surface area contributed by atoms with Crippen molar-refractivity contribution in [2.24, 2.45) is 11.8 Å². The minimum atomic E-state index is -4.75. The van der Waals surface area contributed by atoms with E-state index in [1.165, 1.54) is 11.2 Å². The molecule has 35 heavy (non-hydrogen) atoms. The highest BCUT2D eigenvalue weighted by Gasteiger charge is 2.55. The van der Waals surface area contributed by atoms with E-state index in [2.05, 4.69) is 15.1 Å². The predicted molar refractivity (Wildman–Crippen MR) is 113 cm³/mol. The number of β-lactam (4-membered cyclic amide) rings is 1. The third kappa shape index (κ3) is 3.39. The van der Waals surface area contributed by atoms with Crippen molar-refractivity contribution in [1.82, 2.24) is 19.7 Å². The van der Waals surface area contributed by atoms with Gasteiger partial charge in [0.2, 0.25) is 5.91 Å². The number of anilines is 1. The predicted octanol–water partition coefficient (Wildman–Crippen LogP) is 4.53. The highest BCUT2D eigenvalue weighted by molar-refractivity contribution is 6.04. The number of H-pyrrole nitrogens is 1. The van der Waals surface area contributed by atoms with Gasteiger partial charge in [0.05, 0.1) is 48.7 Å². The molecule has 6 rings (SSSR count). The van der Waals surface area contributed by atoms with Crippen molar-refractivity contribution < 1.29 is 31.5 Å². The molecule has 4 heterocycles. The van der Waals surface area contributed by atoms with E-state index in [1.54, 1.807) is 18.2 Å². The van der Waals surface area contributed by atoms with Crippen LogP contribution in [0.2, 0.25) is 0 Å². The number of aromatic nitrogens is 4. The number of benzene rings is 2. The summed E-state index contributed by atoms with van der Waals surface area (Å²) in [6.45, 7) is 0.608. The van der Waals surface area contributed by atoms with Crippen LogP contribution in [0.15, 0.2) is 49.1 Å². The zero-order valence-corrected chi connectivity index (χ0v) is 17.8. The van der Waals surface area contributed by atoms with Crippen LogP contribution in [0.25, 0.3) is 22.2 Å². The molecule has 2 atom stereocenters. The first-order valence-corrected chi connectivity index (χ1v) is 10.7. The molecule has 2 aliphatic rings. The Kier molecular flexibility index (Phi) is 4.72. The molecule has 0 aliphatic carbocycles. The molecule has 0 spiro atoms. The maximum absolute atomic E-state index is 15.4.